The van der Waals surface area contributed by atoms with E-state index in [0.717, 1.165) is 0 Å². The van der Waals surface area contributed by atoms with Crippen molar-refractivity contribution in [3.05, 3.63) is 12.7 Å². The molecular formula is C10H13N5O4. The Hall–Kier alpha value is -1.81. The first-order valence-electron chi connectivity index (χ1n) is 5.66. The lowest BCUT2D eigenvalue weighted by molar-refractivity contribution is -0.148. The number of aromatic nitrogens is 4. The van der Waals surface area contributed by atoms with E-state index >= 15 is 0 Å². The van der Waals surface area contributed by atoms with Crippen LogP contribution in [0.25, 0.3) is 11.2 Å². The van der Waals surface area contributed by atoms with Crippen LogP contribution >= 0.6 is 0 Å². The van der Waals surface area contributed by atoms with Crippen LogP contribution < -0.4 is 5.73 Å². The van der Waals surface area contributed by atoms with Crippen LogP contribution in [0.2, 0.25) is 0 Å². The number of aliphatic hydroxyl groups excluding tert-OH is 2. The quantitative estimate of drug-likeness (QED) is 0.481. The Kier molecular flexibility index (Phi) is 2.64. The summed E-state index contributed by atoms with van der Waals surface area (Å²) in [6.07, 6.45) is 0.334. The van der Waals surface area contributed by atoms with Gasteiger partial charge in [-0.25, -0.2) is 15.0 Å². The van der Waals surface area contributed by atoms with Gasteiger partial charge in [0.25, 0.3) is 0 Å². The highest BCUT2D eigenvalue weighted by Gasteiger charge is 2.52. The van der Waals surface area contributed by atoms with Crippen LogP contribution in [0.4, 0.5) is 5.82 Å². The Labute approximate surface area is 107 Å². The first-order chi connectivity index (χ1) is 9.09. The van der Waals surface area contributed by atoms with Crippen molar-refractivity contribution in [1.82, 2.24) is 19.5 Å². The zero-order valence-electron chi connectivity index (χ0n) is 9.84. The van der Waals surface area contributed by atoms with Crippen molar-refractivity contribution in [2.24, 2.45) is 0 Å². The Bertz CT molecular complexity index is 617. The van der Waals surface area contributed by atoms with Gasteiger partial charge in [0, 0.05) is 0 Å². The number of aliphatic hydroxyl groups is 3. The van der Waals surface area contributed by atoms with Crippen LogP contribution in [-0.4, -0.2) is 60.3 Å². The zero-order valence-corrected chi connectivity index (χ0v) is 9.84. The Morgan fingerprint density at radius 1 is 1.47 bits per heavy atom. The van der Waals surface area contributed by atoms with Crippen LogP contribution in [0.1, 0.15) is 0 Å². The van der Waals surface area contributed by atoms with Gasteiger partial charge in [-0.15, -0.1) is 0 Å². The van der Waals surface area contributed by atoms with Crippen LogP contribution in [0.3, 0.4) is 0 Å². The largest absolute Gasteiger partial charge is 0.393 e. The normalized spacial score (nSPS) is 31.1. The van der Waals surface area contributed by atoms with Gasteiger partial charge >= 0.3 is 0 Å². The molecule has 0 aliphatic carbocycles. The molecule has 5 N–H and O–H groups in total. The highest BCUT2D eigenvalue weighted by molar-refractivity contribution is 5.81. The summed E-state index contributed by atoms with van der Waals surface area (Å²) < 4.78 is 6.41. The topological polar surface area (TPSA) is 140 Å². The molecule has 0 amide bonds. The van der Waals surface area contributed by atoms with Gasteiger partial charge in [-0.1, -0.05) is 0 Å². The molecule has 9 heteroatoms. The standard InChI is InChI=1S/C10H13N5O4/c11-8-7-9(13-3-12-8)15(4-14-7)10(18)5(17)2-19-6(10)1-16/h3-6,16-18H,1-2H2,(H2,11,12,13)/t5-,6-,10-/m1/s1. The number of fused-ring (bicyclic) bond motifs is 1. The third kappa shape index (κ3) is 1.53. The first kappa shape index (κ1) is 12.2. The molecule has 1 aliphatic heterocycles. The van der Waals surface area contributed by atoms with Gasteiger partial charge in [-0.05, 0) is 0 Å². The summed E-state index contributed by atoms with van der Waals surface area (Å²) in [6.45, 7) is -0.546. The molecule has 2 aromatic heterocycles. The Morgan fingerprint density at radius 3 is 3.00 bits per heavy atom. The number of nitrogens with zero attached hydrogens (tertiary/aromatic N) is 4. The second kappa shape index (κ2) is 4.10. The van der Waals surface area contributed by atoms with E-state index in [1.807, 2.05) is 0 Å². The fourth-order valence-electron chi connectivity index (χ4n) is 2.28. The fourth-order valence-corrected chi connectivity index (χ4v) is 2.28. The molecule has 1 saturated heterocycles. The van der Waals surface area contributed by atoms with Gasteiger partial charge in [0.15, 0.2) is 11.5 Å². The van der Waals surface area contributed by atoms with Crippen LogP contribution in [0.15, 0.2) is 12.7 Å². The van der Waals surface area contributed by atoms with Crippen LogP contribution in [0.5, 0.6) is 0 Å². The number of nitrogens with two attached hydrogens (primary N) is 1. The van der Waals surface area contributed by atoms with Crippen LogP contribution in [0, 0.1) is 0 Å². The second-order valence-corrected chi connectivity index (χ2v) is 4.35. The minimum absolute atomic E-state index is 0.0953. The van der Waals surface area contributed by atoms with Crippen molar-refractivity contribution in [2.75, 3.05) is 18.9 Å². The molecule has 3 heterocycles. The predicted octanol–water partition coefficient (Wildman–Crippen LogP) is -2.19. The molecule has 9 nitrogen and oxygen atoms in total. The van der Waals surface area contributed by atoms with E-state index in [2.05, 4.69) is 15.0 Å². The zero-order chi connectivity index (χ0) is 13.6. The number of hydrogen-bond acceptors (Lipinski definition) is 8. The molecule has 3 atom stereocenters. The van der Waals surface area contributed by atoms with Crippen molar-refractivity contribution >= 4 is 17.0 Å². The van der Waals surface area contributed by atoms with E-state index in [1.54, 1.807) is 0 Å². The van der Waals surface area contributed by atoms with E-state index in [1.165, 1.54) is 17.2 Å². The molecular weight excluding hydrogens is 254 g/mol. The summed E-state index contributed by atoms with van der Waals surface area (Å²) in [6, 6.07) is 0. The molecule has 1 fully saturated rings. The van der Waals surface area contributed by atoms with Crippen molar-refractivity contribution in [3.63, 3.8) is 0 Å². The summed E-state index contributed by atoms with van der Waals surface area (Å²) >= 11 is 0. The molecule has 19 heavy (non-hydrogen) atoms. The lowest BCUT2D eigenvalue weighted by atomic mass is 10.0. The third-order valence-electron chi connectivity index (χ3n) is 3.33. The maximum absolute atomic E-state index is 10.7. The summed E-state index contributed by atoms with van der Waals surface area (Å²) in [7, 11) is 0. The lowest BCUT2D eigenvalue weighted by Gasteiger charge is -2.31. The Morgan fingerprint density at radius 2 is 2.26 bits per heavy atom. The summed E-state index contributed by atoms with van der Waals surface area (Å²) in [5.74, 6) is 0.168. The average Bonchev–Trinajstić information content (AvgIpc) is 2.94. The minimum atomic E-state index is -1.84. The monoisotopic (exact) mass is 267 g/mol. The maximum Gasteiger partial charge on any atom is 0.202 e. The first-order valence-corrected chi connectivity index (χ1v) is 5.66. The average molecular weight is 267 g/mol. The van der Waals surface area contributed by atoms with Crippen molar-refractivity contribution in [2.45, 2.75) is 17.9 Å². The van der Waals surface area contributed by atoms with E-state index < -0.39 is 24.5 Å². The molecule has 3 rings (SSSR count). The molecule has 2 aromatic rings. The van der Waals surface area contributed by atoms with E-state index in [-0.39, 0.29) is 18.1 Å². The number of ether oxygens (including phenoxy) is 1. The van der Waals surface area contributed by atoms with Gasteiger partial charge in [-0.2, -0.15) is 0 Å². The molecule has 0 saturated carbocycles. The molecule has 102 valence electrons. The molecule has 0 spiro atoms. The van der Waals surface area contributed by atoms with Crippen LogP contribution in [-0.2, 0) is 10.5 Å². The highest BCUT2D eigenvalue weighted by Crippen LogP contribution is 2.33. The van der Waals surface area contributed by atoms with Crippen molar-refractivity contribution in [1.29, 1.82) is 0 Å². The molecule has 0 unspecified atom stereocenters. The number of hydrogen-bond donors (Lipinski definition) is 4. The van der Waals surface area contributed by atoms with Gasteiger partial charge in [0.2, 0.25) is 5.72 Å². The molecule has 1 aliphatic rings. The SMILES string of the molecule is Nc1ncnc2c1ncn2[C@@]1(O)[C@H](O)CO[C@@H]1CO. The summed E-state index contributed by atoms with van der Waals surface area (Å²) in [5.41, 5.74) is 4.39. The Balaban J connectivity index is 2.20. The van der Waals surface area contributed by atoms with Gasteiger partial charge in [0.05, 0.1) is 19.5 Å². The number of anilines is 1. The number of imidazole rings is 1. The third-order valence-corrected chi connectivity index (χ3v) is 3.33. The number of rotatable bonds is 2. The van der Waals surface area contributed by atoms with E-state index in [0.29, 0.717) is 5.52 Å². The molecule has 0 bridgehead atoms. The molecule has 0 radical (unpaired) electrons. The van der Waals surface area contributed by atoms with Gasteiger partial charge in [-0.3, -0.25) is 4.57 Å². The van der Waals surface area contributed by atoms with Crippen molar-refractivity contribution < 1.29 is 20.1 Å². The summed E-state index contributed by atoms with van der Waals surface area (Å²) in [4.78, 5) is 11.8. The predicted molar refractivity (Wildman–Crippen MR) is 62.8 cm³/mol. The molecule has 0 aromatic carbocycles. The van der Waals surface area contributed by atoms with E-state index in [4.69, 9.17) is 10.5 Å². The minimum Gasteiger partial charge on any atom is -0.393 e. The smallest absolute Gasteiger partial charge is 0.202 e. The van der Waals surface area contributed by atoms with Crippen molar-refractivity contribution in [3.8, 4) is 0 Å². The fraction of sp³-hybridized carbons (Fsp3) is 0.500. The highest BCUT2D eigenvalue weighted by atomic mass is 16.6. The second-order valence-electron chi connectivity index (χ2n) is 4.35. The maximum atomic E-state index is 10.7. The summed E-state index contributed by atoms with van der Waals surface area (Å²) in [5, 5.41) is 29.9. The van der Waals surface area contributed by atoms with Gasteiger partial charge < -0.3 is 25.8 Å². The number of nitrogen functional groups attached to an aromatic ring is 1. The lowest BCUT2D eigenvalue weighted by Crippen LogP contribution is -2.50. The van der Waals surface area contributed by atoms with Gasteiger partial charge in [0.1, 0.15) is 24.1 Å². The van der Waals surface area contributed by atoms with E-state index in [9.17, 15) is 15.3 Å².